The average molecular weight is 497 g/mol. The van der Waals surface area contributed by atoms with Gasteiger partial charge >= 0.3 is 0 Å². The summed E-state index contributed by atoms with van der Waals surface area (Å²) in [5, 5.41) is 0. The lowest BCUT2D eigenvalue weighted by atomic mass is 10.00. The van der Waals surface area contributed by atoms with Gasteiger partial charge in [-0.15, -0.1) is 0 Å². The van der Waals surface area contributed by atoms with Crippen molar-refractivity contribution < 1.29 is 18.7 Å². The number of carbonyl (C=O) groups is 1. The van der Waals surface area contributed by atoms with Crippen LogP contribution in [-0.4, -0.2) is 36.5 Å². The molecule has 0 bridgehead atoms. The van der Waals surface area contributed by atoms with E-state index in [-0.39, 0.29) is 5.91 Å². The molecule has 1 amide bonds. The van der Waals surface area contributed by atoms with Gasteiger partial charge in [-0.05, 0) is 53.4 Å². The maximum Gasteiger partial charge on any atom is 0.289 e. The molecule has 4 aromatic rings. The van der Waals surface area contributed by atoms with Crippen LogP contribution in [0.3, 0.4) is 0 Å². The molecule has 0 saturated heterocycles. The fourth-order valence-electron chi connectivity index (χ4n) is 4.88. The van der Waals surface area contributed by atoms with Crippen LogP contribution in [0, 0.1) is 0 Å². The van der Waals surface area contributed by atoms with Gasteiger partial charge in [-0.3, -0.25) is 9.69 Å². The molecular weight excluding hydrogens is 464 g/mol. The monoisotopic (exact) mass is 496 g/mol. The van der Waals surface area contributed by atoms with Crippen molar-refractivity contribution in [2.24, 2.45) is 0 Å². The number of benzene rings is 3. The average Bonchev–Trinajstić information content (AvgIpc) is 3.41. The minimum Gasteiger partial charge on any atom is -0.497 e. The first-order valence-electron chi connectivity index (χ1n) is 12.5. The summed E-state index contributed by atoms with van der Waals surface area (Å²) in [6.07, 6.45) is 0.864. The molecule has 3 aromatic carbocycles. The van der Waals surface area contributed by atoms with Gasteiger partial charge in [-0.1, -0.05) is 54.6 Å². The Kier molecular flexibility index (Phi) is 7.57. The van der Waals surface area contributed by atoms with Gasteiger partial charge in [0.05, 0.1) is 20.8 Å². The van der Waals surface area contributed by atoms with E-state index in [1.54, 1.807) is 20.3 Å². The first-order valence-corrected chi connectivity index (χ1v) is 12.5. The normalized spacial score (nSPS) is 12.9. The molecule has 190 valence electrons. The number of nitrogens with zero attached hydrogens (tertiary/aromatic N) is 2. The molecule has 0 fully saturated rings. The Bertz CT molecular complexity index is 1350. The van der Waals surface area contributed by atoms with Gasteiger partial charge in [0.2, 0.25) is 0 Å². The Balaban J connectivity index is 1.33. The topological polar surface area (TPSA) is 55.2 Å². The van der Waals surface area contributed by atoms with Crippen molar-refractivity contribution in [2.45, 2.75) is 32.6 Å². The maximum atomic E-state index is 13.2. The summed E-state index contributed by atoms with van der Waals surface area (Å²) < 4.78 is 17.2. The summed E-state index contributed by atoms with van der Waals surface area (Å²) >= 11 is 0. The summed E-state index contributed by atoms with van der Waals surface area (Å²) in [6, 6.07) is 28.2. The van der Waals surface area contributed by atoms with Gasteiger partial charge in [0, 0.05) is 31.7 Å². The van der Waals surface area contributed by atoms with Crippen LogP contribution in [0.15, 0.2) is 89.3 Å². The minimum absolute atomic E-state index is 0.0650. The van der Waals surface area contributed by atoms with Crippen LogP contribution in [0.2, 0.25) is 0 Å². The van der Waals surface area contributed by atoms with E-state index in [0.717, 1.165) is 29.2 Å². The number of amides is 1. The number of fused-ring (bicyclic) bond motifs is 1. The zero-order valence-electron chi connectivity index (χ0n) is 21.4. The van der Waals surface area contributed by atoms with Crippen LogP contribution in [0.1, 0.15) is 38.6 Å². The van der Waals surface area contributed by atoms with E-state index in [0.29, 0.717) is 38.5 Å². The number of methoxy groups -OCH3 is 2. The van der Waals surface area contributed by atoms with Gasteiger partial charge in [0.25, 0.3) is 5.91 Å². The van der Waals surface area contributed by atoms with Crippen LogP contribution in [0.4, 0.5) is 0 Å². The van der Waals surface area contributed by atoms with Crippen molar-refractivity contribution in [3.63, 3.8) is 0 Å². The Morgan fingerprint density at radius 2 is 1.65 bits per heavy atom. The number of hydrogen-bond acceptors (Lipinski definition) is 5. The highest BCUT2D eigenvalue weighted by atomic mass is 16.5. The fourth-order valence-corrected chi connectivity index (χ4v) is 4.88. The van der Waals surface area contributed by atoms with Crippen LogP contribution >= 0.6 is 0 Å². The van der Waals surface area contributed by atoms with E-state index >= 15 is 0 Å². The first-order chi connectivity index (χ1) is 18.1. The summed E-state index contributed by atoms with van der Waals surface area (Å²) in [7, 11) is 3.34. The Morgan fingerprint density at radius 3 is 2.43 bits per heavy atom. The summed E-state index contributed by atoms with van der Waals surface area (Å²) in [5.74, 6) is 2.65. The molecule has 0 N–H and O–H groups in total. The standard InChI is InChI=1S/C31H32N2O4/c1-35-27-12-14-29(36-2)26(18-27)20-32(19-23-8-4-3-5-9-23)22-28-13-15-30(37-28)31(34)33-17-16-24-10-6-7-11-25(24)21-33/h3-15,18H,16-17,19-22H2,1-2H3. The molecule has 0 aliphatic carbocycles. The van der Waals surface area contributed by atoms with Crippen molar-refractivity contribution in [3.8, 4) is 11.5 Å². The second kappa shape index (κ2) is 11.4. The molecule has 6 nitrogen and oxygen atoms in total. The summed E-state index contributed by atoms with van der Waals surface area (Å²) in [6.45, 7) is 3.20. The number of ether oxygens (including phenoxy) is 2. The Morgan fingerprint density at radius 1 is 0.865 bits per heavy atom. The molecule has 6 heteroatoms. The third-order valence-corrected chi connectivity index (χ3v) is 6.80. The molecule has 0 radical (unpaired) electrons. The molecule has 0 spiro atoms. The highest BCUT2D eigenvalue weighted by Gasteiger charge is 2.24. The van der Waals surface area contributed by atoms with Gasteiger partial charge in [-0.2, -0.15) is 0 Å². The third-order valence-electron chi connectivity index (χ3n) is 6.80. The predicted octanol–water partition coefficient (Wildman–Crippen LogP) is 5.70. The van der Waals surface area contributed by atoms with Gasteiger partial charge in [-0.25, -0.2) is 0 Å². The highest BCUT2D eigenvalue weighted by Crippen LogP contribution is 2.27. The predicted molar refractivity (Wildman–Crippen MR) is 143 cm³/mol. The van der Waals surface area contributed by atoms with E-state index < -0.39 is 0 Å². The van der Waals surface area contributed by atoms with E-state index in [4.69, 9.17) is 13.9 Å². The number of hydrogen-bond donors (Lipinski definition) is 0. The third kappa shape index (κ3) is 5.87. The molecular formula is C31H32N2O4. The second-order valence-corrected chi connectivity index (χ2v) is 9.32. The lowest BCUT2D eigenvalue weighted by Crippen LogP contribution is -2.35. The van der Waals surface area contributed by atoms with Crippen molar-refractivity contribution in [1.82, 2.24) is 9.80 Å². The molecule has 1 aromatic heterocycles. The highest BCUT2D eigenvalue weighted by molar-refractivity contribution is 5.91. The largest absolute Gasteiger partial charge is 0.497 e. The van der Waals surface area contributed by atoms with Crippen LogP contribution in [0.5, 0.6) is 11.5 Å². The van der Waals surface area contributed by atoms with Crippen molar-refractivity contribution in [3.05, 3.63) is 119 Å². The van der Waals surface area contributed by atoms with Gasteiger partial charge in [0.15, 0.2) is 5.76 Å². The number of carbonyl (C=O) groups excluding carboxylic acids is 1. The Hall–Kier alpha value is -4.03. The molecule has 5 rings (SSSR count). The number of furan rings is 1. The summed E-state index contributed by atoms with van der Waals surface area (Å²) in [4.78, 5) is 17.4. The molecule has 2 heterocycles. The van der Waals surface area contributed by atoms with Crippen LogP contribution in [-0.2, 0) is 32.6 Å². The molecule has 0 saturated carbocycles. The zero-order valence-corrected chi connectivity index (χ0v) is 21.4. The molecule has 1 aliphatic heterocycles. The maximum absolute atomic E-state index is 13.2. The lowest BCUT2D eigenvalue weighted by Gasteiger charge is -2.28. The minimum atomic E-state index is -0.0650. The Labute approximate surface area is 218 Å². The van der Waals surface area contributed by atoms with Crippen molar-refractivity contribution in [2.75, 3.05) is 20.8 Å². The van der Waals surface area contributed by atoms with Gasteiger partial charge in [0.1, 0.15) is 17.3 Å². The van der Waals surface area contributed by atoms with Crippen molar-refractivity contribution in [1.29, 1.82) is 0 Å². The smallest absolute Gasteiger partial charge is 0.289 e. The number of rotatable bonds is 9. The second-order valence-electron chi connectivity index (χ2n) is 9.32. The van der Waals surface area contributed by atoms with Crippen LogP contribution < -0.4 is 9.47 Å². The van der Waals surface area contributed by atoms with Crippen molar-refractivity contribution >= 4 is 5.91 Å². The summed E-state index contributed by atoms with van der Waals surface area (Å²) in [5.41, 5.74) is 4.73. The molecule has 37 heavy (non-hydrogen) atoms. The van der Waals surface area contributed by atoms with Gasteiger partial charge < -0.3 is 18.8 Å². The molecule has 0 unspecified atom stereocenters. The van der Waals surface area contributed by atoms with E-state index in [2.05, 4.69) is 35.2 Å². The zero-order chi connectivity index (χ0) is 25.6. The van der Waals surface area contributed by atoms with Crippen LogP contribution in [0.25, 0.3) is 0 Å². The van der Waals surface area contributed by atoms with E-state index in [9.17, 15) is 4.79 Å². The molecule has 1 aliphatic rings. The van der Waals surface area contributed by atoms with E-state index in [1.165, 1.54) is 16.7 Å². The SMILES string of the molecule is COc1ccc(OC)c(CN(Cc2ccccc2)Cc2ccc(C(=O)N3CCc4ccccc4C3)o2)c1. The lowest BCUT2D eigenvalue weighted by molar-refractivity contribution is 0.0698. The first kappa shape index (κ1) is 24.7. The molecule has 0 atom stereocenters. The quantitative estimate of drug-likeness (QED) is 0.298. The van der Waals surface area contributed by atoms with E-state index in [1.807, 2.05) is 53.4 Å². The fraction of sp³-hybridized carbons (Fsp3) is 0.258.